The number of carbonyl (C=O) groups is 3. The molecule has 0 aliphatic heterocycles. The van der Waals surface area contributed by atoms with Crippen LogP contribution in [0.25, 0.3) is 10.8 Å². The third-order valence-electron chi connectivity index (χ3n) is 10.5. The maximum Gasteiger partial charge on any atom is 0.472 e. The zero-order valence-electron chi connectivity index (χ0n) is 37.4. The number of esters is 2. The van der Waals surface area contributed by atoms with Crippen molar-refractivity contribution in [3.8, 4) is 5.75 Å². The molecule has 2 aromatic carbocycles. The van der Waals surface area contributed by atoms with Gasteiger partial charge in [-0.15, -0.1) is 0 Å². The molecule has 2 aromatic rings. The molecule has 0 saturated carbocycles. The summed E-state index contributed by atoms with van der Waals surface area (Å²) in [6.07, 6.45) is 19.9. The van der Waals surface area contributed by atoms with Crippen molar-refractivity contribution in [1.82, 2.24) is 5.32 Å². The number of phosphoric acid groups is 1. The average molecular weight is 850 g/mol. The van der Waals surface area contributed by atoms with Gasteiger partial charge in [0.05, 0.1) is 41.3 Å². The first-order valence-corrected chi connectivity index (χ1v) is 23.8. The van der Waals surface area contributed by atoms with Gasteiger partial charge in [-0.25, -0.2) is 4.57 Å². The Balaban J connectivity index is 1.69. The number of rotatable bonds is 35. The number of nitrogens with zero attached hydrogens (tertiary/aromatic N) is 1. The number of quaternary nitrogens is 1. The largest absolute Gasteiger partial charge is 0.497 e. The van der Waals surface area contributed by atoms with Crippen molar-refractivity contribution in [3.05, 3.63) is 41.5 Å². The second-order valence-electron chi connectivity index (χ2n) is 16.9. The van der Waals surface area contributed by atoms with Gasteiger partial charge < -0.3 is 28.9 Å². The Kier molecular flexibility index (Phi) is 26.6. The van der Waals surface area contributed by atoms with Gasteiger partial charge in [-0.2, -0.15) is 0 Å². The molecule has 0 fully saturated rings. The minimum atomic E-state index is -4.43. The van der Waals surface area contributed by atoms with Gasteiger partial charge >= 0.3 is 19.8 Å². The average Bonchev–Trinajstić information content (AvgIpc) is 3.19. The lowest BCUT2D eigenvalue weighted by molar-refractivity contribution is -0.870. The number of benzene rings is 2. The minimum absolute atomic E-state index is 0.00445. The van der Waals surface area contributed by atoms with Gasteiger partial charge in [-0.3, -0.25) is 23.4 Å². The summed E-state index contributed by atoms with van der Waals surface area (Å²) in [5, 5.41) is 5.11. The normalized spacial score (nSPS) is 13.2. The number of hydrogen-bond donors (Lipinski definition) is 2. The molecule has 0 aliphatic carbocycles. The molecule has 0 bridgehead atoms. The number of fused-ring (bicyclic) bond motifs is 1. The van der Waals surface area contributed by atoms with Crippen molar-refractivity contribution in [2.75, 3.05) is 61.2 Å². The fraction of sp³-hybridized carbons (Fsp3) is 0.717. The Morgan fingerprint density at radius 1 is 0.746 bits per heavy atom. The van der Waals surface area contributed by atoms with E-state index in [1.165, 1.54) is 70.6 Å². The smallest absolute Gasteiger partial charge is 0.472 e. The summed E-state index contributed by atoms with van der Waals surface area (Å²) in [5.74, 6) is -0.231. The van der Waals surface area contributed by atoms with Crippen molar-refractivity contribution >= 4 is 36.4 Å². The van der Waals surface area contributed by atoms with Gasteiger partial charge in [-0.05, 0) is 60.2 Å². The number of carbonyl (C=O) groups excluding carboxylic acids is 3. The van der Waals surface area contributed by atoms with E-state index in [0.717, 1.165) is 46.9 Å². The van der Waals surface area contributed by atoms with E-state index in [1.807, 2.05) is 58.4 Å². The number of unbranched alkanes of at least 4 members (excludes halogenated alkanes) is 16. The van der Waals surface area contributed by atoms with Crippen LogP contribution in [0, 0.1) is 6.92 Å². The van der Waals surface area contributed by atoms with E-state index in [4.69, 9.17) is 23.3 Å². The van der Waals surface area contributed by atoms with E-state index < -0.39 is 32.5 Å². The molecule has 2 N–H and O–H groups in total. The Morgan fingerprint density at radius 2 is 1.32 bits per heavy atom. The Morgan fingerprint density at radius 3 is 1.92 bits per heavy atom. The molecule has 1 amide bonds. The van der Waals surface area contributed by atoms with Crippen LogP contribution in [0.2, 0.25) is 0 Å². The first-order valence-electron chi connectivity index (χ1n) is 22.3. The van der Waals surface area contributed by atoms with E-state index in [0.29, 0.717) is 43.3 Å². The van der Waals surface area contributed by atoms with Crippen molar-refractivity contribution in [1.29, 1.82) is 0 Å². The molecule has 12 nitrogen and oxygen atoms in total. The van der Waals surface area contributed by atoms with Crippen LogP contribution in [0.3, 0.4) is 0 Å². The number of hydrogen-bond acceptors (Lipinski definition) is 9. The molecule has 0 saturated heterocycles. The summed E-state index contributed by atoms with van der Waals surface area (Å²) in [6.45, 7) is 4.46. The van der Waals surface area contributed by atoms with Crippen LogP contribution in [0.15, 0.2) is 30.3 Å². The molecular weight excluding hydrogens is 771 g/mol. The number of methoxy groups -OCH3 is 1. The zero-order chi connectivity index (χ0) is 43.4. The van der Waals surface area contributed by atoms with E-state index in [1.54, 1.807) is 7.11 Å². The van der Waals surface area contributed by atoms with Crippen LogP contribution in [0.5, 0.6) is 5.75 Å². The number of aryl methyl sites for hydroxylation is 1. The molecule has 59 heavy (non-hydrogen) atoms. The Hall–Kier alpha value is -3.02. The summed E-state index contributed by atoms with van der Waals surface area (Å²) in [4.78, 5) is 48.2. The van der Waals surface area contributed by atoms with Crippen LogP contribution in [-0.2, 0) is 43.9 Å². The fourth-order valence-electron chi connectivity index (χ4n) is 6.77. The highest BCUT2D eigenvalue weighted by atomic mass is 31.2. The van der Waals surface area contributed by atoms with Gasteiger partial charge in [0.2, 0.25) is 5.91 Å². The van der Waals surface area contributed by atoms with E-state index in [2.05, 4.69) is 12.2 Å². The van der Waals surface area contributed by atoms with Crippen LogP contribution in [0.1, 0.15) is 146 Å². The lowest BCUT2D eigenvalue weighted by atomic mass is 9.98. The molecule has 0 aromatic heterocycles. The predicted molar refractivity (Wildman–Crippen MR) is 235 cm³/mol. The molecule has 0 aliphatic rings. The topological polar surface area (TPSA) is 147 Å². The molecule has 2 atom stereocenters. The number of phosphoric ester groups is 1. The zero-order valence-corrected chi connectivity index (χ0v) is 38.3. The number of amides is 1. The van der Waals surface area contributed by atoms with Crippen LogP contribution in [0.4, 0.5) is 0 Å². The highest BCUT2D eigenvalue weighted by molar-refractivity contribution is 7.47. The summed E-state index contributed by atoms with van der Waals surface area (Å²) in [7, 11) is 2.99. The van der Waals surface area contributed by atoms with E-state index >= 15 is 0 Å². The molecule has 336 valence electrons. The monoisotopic (exact) mass is 850 g/mol. The summed E-state index contributed by atoms with van der Waals surface area (Å²) in [6, 6.07) is 9.87. The minimum Gasteiger partial charge on any atom is -0.497 e. The molecule has 2 rings (SSSR count). The van der Waals surface area contributed by atoms with Gasteiger partial charge in [0.25, 0.3) is 0 Å². The first-order chi connectivity index (χ1) is 28.2. The maximum atomic E-state index is 12.8. The van der Waals surface area contributed by atoms with Crippen LogP contribution >= 0.6 is 7.82 Å². The number of nitrogens with one attached hydrogen (secondary N) is 1. The van der Waals surface area contributed by atoms with Crippen molar-refractivity contribution in [2.24, 2.45) is 0 Å². The lowest BCUT2D eigenvalue weighted by Gasteiger charge is -2.24. The predicted octanol–water partition coefficient (Wildman–Crippen LogP) is 9.93. The van der Waals surface area contributed by atoms with E-state index in [9.17, 15) is 23.8 Å². The number of ether oxygens (including phenoxy) is 3. The molecule has 0 spiro atoms. The Labute approximate surface area is 355 Å². The molecule has 13 heteroatoms. The van der Waals surface area contributed by atoms with Crippen molar-refractivity contribution in [2.45, 2.75) is 155 Å². The van der Waals surface area contributed by atoms with Crippen molar-refractivity contribution < 1.29 is 51.6 Å². The maximum absolute atomic E-state index is 12.8. The fourth-order valence-corrected chi connectivity index (χ4v) is 7.51. The standard InChI is InChI=1S/C46H77N2O10P/c1-7-8-9-10-11-12-13-14-15-16-17-18-19-20-22-25-45(50)55-36-42(37-57-59(52,53)56-33-32-48(3,4)5)58-46(51)26-23-21-24-31-47-44(49)35-39-27-28-40-34-41(54-6)29-30-43(40)38(39)2/h27-30,34,42H,7-26,31-33,35-37H2,1-6H3,(H-,47,49,52,53)/p+1/t42-/m1/s1. The molecule has 0 heterocycles. The van der Waals surface area contributed by atoms with Crippen molar-refractivity contribution in [3.63, 3.8) is 0 Å². The second-order valence-corrected chi connectivity index (χ2v) is 18.3. The lowest BCUT2D eigenvalue weighted by Crippen LogP contribution is -2.37. The van der Waals surface area contributed by atoms with E-state index in [-0.39, 0.29) is 38.4 Å². The van der Waals surface area contributed by atoms with Gasteiger partial charge in [-0.1, -0.05) is 121 Å². The number of likely N-dealkylation sites (N-methyl/N-ethyl adjacent to an activating group) is 1. The summed E-state index contributed by atoms with van der Waals surface area (Å²) in [5.41, 5.74) is 2.03. The van der Waals surface area contributed by atoms with Crippen LogP contribution < -0.4 is 10.1 Å². The molecular formula is C46H78N2O10P+. The SMILES string of the molecule is CCCCCCCCCCCCCCCCCC(=O)OC[C@H](COP(=O)(O)OCC[N+](C)(C)C)OC(=O)CCCCCNC(=O)Cc1ccc2cc(OC)ccc2c1C. The van der Waals surface area contributed by atoms with Crippen LogP contribution in [-0.4, -0.2) is 94.5 Å². The van der Waals surface area contributed by atoms with Gasteiger partial charge in [0.1, 0.15) is 25.5 Å². The molecule has 1 unspecified atom stereocenters. The third kappa shape index (κ3) is 25.4. The quantitative estimate of drug-likeness (QED) is 0.0297. The highest BCUT2D eigenvalue weighted by Gasteiger charge is 2.27. The summed E-state index contributed by atoms with van der Waals surface area (Å²) >= 11 is 0. The second kappa shape index (κ2) is 30.1. The van der Waals surface area contributed by atoms with Gasteiger partial charge in [0.15, 0.2) is 6.10 Å². The summed E-state index contributed by atoms with van der Waals surface area (Å²) < 4.78 is 39.6. The Bertz CT molecular complexity index is 1550. The molecule has 0 radical (unpaired) electrons. The highest BCUT2D eigenvalue weighted by Crippen LogP contribution is 2.43. The van der Waals surface area contributed by atoms with Gasteiger partial charge in [0, 0.05) is 19.4 Å². The first kappa shape index (κ1) is 52.1. The third-order valence-corrected chi connectivity index (χ3v) is 11.5.